The van der Waals surface area contributed by atoms with Gasteiger partial charge in [-0.2, -0.15) is 0 Å². The predicted molar refractivity (Wildman–Crippen MR) is 84.0 cm³/mol. The summed E-state index contributed by atoms with van der Waals surface area (Å²) in [5, 5.41) is 0. The first kappa shape index (κ1) is 15.1. The van der Waals surface area contributed by atoms with Crippen molar-refractivity contribution in [1.82, 2.24) is 9.80 Å². The average Bonchev–Trinajstić information content (AvgIpc) is 2.39. The van der Waals surface area contributed by atoms with E-state index in [9.17, 15) is 0 Å². The summed E-state index contributed by atoms with van der Waals surface area (Å²) in [6, 6.07) is 7.09. The molecule has 1 aromatic rings. The standard InChI is InChI=1S/C16H27N3O/c1-5-20-16-7-6-15(17)8-14(16)11-19-9-12(2)18(4)13(3)10-19/h6-8,12-13H,5,9-11,17H2,1-4H3. The molecule has 1 saturated heterocycles. The molecule has 0 radical (unpaired) electrons. The van der Waals surface area contributed by atoms with Crippen molar-refractivity contribution >= 4 is 5.69 Å². The number of hydrogen-bond acceptors (Lipinski definition) is 4. The molecular weight excluding hydrogens is 250 g/mol. The van der Waals surface area contributed by atoms with Crippen LogP contribution in [-0.4, -0.2) is 48.6 Å². The molecule has 0 aliphatic carbocycles. The van der Waals surface area contributed by atoms with Gasteiger partial charge in [0.1, 0.15) is 5.75 Å². The third-order valence-corrected chi connectivity index (χ3v) is 4.21. The van der Waals surface area contributed by atoms with Crippen LogP contribution in [0.15, 0.2) is 18.2 Å². The molecule has 1 aliphatic heterocycles. The lowest BCUT2D eigenvalue weighted by Gasteiger charge is -2.42. The van der Waals surface area contributed by atoms with Gasteiger partial charge in [0.05, 0.1) is 6.61 Å². The zero-order chi connectivity index (χ0) is 14.7. The fourth-order valence-electron chi connectivity index (χ4n) is 2.90. The molecule has 112 valence electrons. The monoisotopic (exact) mass is 277 g/mol. The quantitative estimate of drug-likeness (QED) is 0.857. The molecule has 20 heavy (non-hydrogen) atoms. The second kappa shape index (κ2) is 6.46. The Hall–Kier alpha value is -1.26. The van der Waals surface area contributed by atoms with Crippen molar-refractivity contribution in [1.29, 1.82) is 0 Å². The van der Waals surface area contributed by atoms with Gasteiger partial charge in [-0.15, -0.1) is 0 Å². The molecule has 2 rings (SSSR count). The number of likely N-dealkylation sites (N-methyl/N-ethyl adjacent to an activating group) is 1. The van der Waals surface area contributed by atoms with Crippen LogP contribution >= 0.6 is 0 Å². The van der Waals surface area contributed by atoms with E-state index in [1.807, 2.05) is 25.1 Å². The van der Waals surface area contributed by atoms with E-state index in [2.05, 4.69) is 30.7 Å². The number of nitrogen functional groups attached to an aromatic ring is 1. The molecule has 0 amide bonds. The van der Waals surface area contributed by atoms with E-state index in [4.69, 9.17) is 10.5 Å². The highest BCUT2D eigenvalue weighted by Gasteiger charge is 2.26. The SMILES string of the molecule is CCOc1ccc(N)cc1CN1CC(C)N(C)C(C)C1. The summed E-state index contributed by atoms with van der Waals surface area (Å²) in [6.45, 7) is 10.3. The van der Waals surface area contributed by atoms with Gasteiger partial charge in [-0.3, -0.25) is 9.80 Å². The van der Waals surface area contributed by atoms with E-state index in [0.717, 1.165) is 31.1 Å². The Morgan fingerprint density at radius 1 is 1.25 bits per heavy atom. The van der Waals surface area contributed by atoms with Gasteiger partial charge in [0, 0.05) is 43.0 Å². The van der Waals surface area contributed by atoms with Crippen LogP contribution < -0.4 is 10.5 Å². The Bertz CT molecular complexity index is 437. The fraction of sp³-hybridized carbons (Fsp3) is 0.625. The van der Waals surface area contributed by atoms with Crippen LogP contribution in [0.5, 0.6) is 5.75 Å². The zero-order valence-corrected chi connectivity index (χ0v) is 13.1. The molecule has 1 aromatic carbocycles. The van der Waals surface area contributed by atoms with Crippen LogP contribution in [0, 0.1) is 0 Å². The number of nitrogens with two attached hydrogens (primary N) is 1. The first-order valence-corrected chi connectivity index (χ1v) is 7.46. The molecule has 4 heteroatoms. The Balaban J connectivity index is 2.11. The van der Waals surface area contributed by atoms with Gasteiger partial charge in [-0.25, -0.2) is 0 Å². The minimum atomic E-state index is 0.579. The largest absolute Gasteiger partial charge is 0.494 e. The van der Waals surface area contributed by atoms with E-state index in [1.165, 1.54) is 5.56 Å². The molecule has 0 aromatic heterocycles. The van der Waals surface area contributed by atoms with Gasteiger partial charge >= 0.3 is 0 Å². The molecule has 2 N–H and O–H groups in total. The van der Waals surface area contributed by atoms with E-state index >= 15 is 0 Å². The van der Waals surface area contributed by atoms with Crippen molar-refractivity contribution in [2.75, 3.05) is 32.5 Å². The van der Waals surface area contributed by atoms with Gasteiger partial charge in [0.15, 0.2) is 0 Å². The Morgan fingerprint density at radius 2 is 1.90 bits per heavy atom. The summed E-state index contributed by atoms with van der Waals surface area (Å²) in [5.41, 5.74) is 7.92. The maximum Gasteiger partial charge on any atom is 0.123 e. The summed E-state index contributed by atoms with van der Waals surface area (Å²) >= 11 is 0. The van der Waals surface area contributed by atoms with Crippen LogP contribution in [0.3, 0.4) is 0 Å². The lowest BCUT2D eigenvalue weighted by Crippen LogP contribution is -2.54. The van der Waals surface area contributed by atoms with Gasteiger partial charge in [0.25, 0.3) is 0 Å². The molecule has 2 unspecified atom stereocenters. The minimum Gasteiger partial charge on any atom is -0.494 e. The molecule has 1 heterocycles. The lowest BCUT2D eigenvalue weighted by atomic mass is 10.1. The Morgan fingerprint density at radius 3 is 2.50 bits per heavy atom. The van der Waals surface area contributed by atoms with Crippen LogP contribution in [0.25, 0.3) is 0 Å². The first-order valence-electron chi connectivity index (χ1n) is 7.46. The number of piperazine rings is 1. The summed E-state index contributed by atoms with van der Waals surface area (Å²) in [7, 11) is 2.21. The second-order valence-corrected chi connectivity index (χ2v) is 5.86. The van der Waals surface area contributed by atoms with E-state index < -0.39 is 0 Å². The molecular formula is C16H27N3O. The third-order valence-electron chi connectivity index (χ3n) is 4.21. The number of anilines is 1. The number of rotatable bonds is 4. The normalized spacial score (nSPS) is 24.8. The molecule has 1 fully saturated rings. The minimum absolute atomic E-state index is 0.579. The fourth-order valence-corrected chi connectivity index (χ4v) is 2.90. The van der Waals surface area contributed by atoms with Crippen molar-refractivity contribution < 1.29 is 4.74 Å². The van der Waals surface area contributed by atoms with Crippen molar-refractivity contribution in [2.24, 2.45) is 0 Å². The van der Waals surface area contributed by atoms with Crippen molar-refractivity contribution in [3.63, 3.8) is 0 Å². The van der Waals surface area contributed by atoms with Gasteiger partial charge in [0.2, 0.25) is 0 Å². The summed E-state index contributed by atoms with van der Waals surface area (Å²) < 4.78 is 5.72. The van der Waals surface area contributed by atoms with Crippen molar-refractivity contribution in [3.8, 4) is 5.75 Å². The van der Waals surface area contributed by atoms with Crippen LogP contribution in [-0.2, 0) is 6.54 Å². The zero-order valence-electron chi connectivity index (χ0n) is 13.1. The topological polar surface area (TPSA) is 41.7 Å². The average molecular weight is 277 g/mol. The van der Waals surface area contributed by atoms with Gasteiger partial charge in [-0.05, 0) is 46.0 Å². The van der Waals surface area contributed by atoms with Gasteiger partial charge in [-0.1, -0.05) is 0 Å². The molecule has 0 bridgehead atoms. The first-order chi connectivity index (χ1) is 9.51. The summed E-state index contributed by atoms with van der Waals surface area (Å²) in [6.07, 6.45) is 0. The molecule has 1 aliphatic rings. The molecule has 4 nitrogen and oxygen atoms in total. The number of benzene rings is 1. The van der Waals surface area contributed by atoms with Crippen molar-refractivity contribution in [2.45, 2.75) is 39.4 Å². The number of ether oxygens (including phenoxy) is 1. The molecule has 0 saturated carbocycles. The maximum atomic E-state index is 5.92. The Labute approximate surface area is 122 Å². The van der Waals surface area contributed by atoms with Crippen LogP contribution in [0.4, 0.5) is 5.69 Å². The van der Waals surface area contributed by atoms with E-state index in [-0.39, 0.29) is 0 Å². The van der Waals surface area contributed by atoms with E-state index in [1.54, 1.807) is 0 Å². The Kier molecular flexibility index (Phi) is 4.89. The second-order valence-electron chi connectivity index (χ2n) is 5.86. The summed E-state index contributed by atoms with van der Waals surface area (Å²) in [5.74, 6) is 0.959. The number of hydrogen-bond donors (Lipinski definition) is 1. The highest BCUT2D eigenvalue weighted by atomic mass is 16.5. The third kappa shape index (κ3) is 3.44. The van der Waals surface area contributed by atoms with Crippen LogP contribution in [0.1, 0.15) is 26.3 Å². The highest BCUT2D eigenvalue weighted by Crippen LogP contribution is 2.25. The predicted octanol–water partition coefficient (Wildman–Crippen LogP) is 2.19. The smallest absolute Gasteiger partial charge is 0.123 e. The molecule has 2 atom stereocenters. The lowest BCUT2D eigenvalue weighted by molar-refractivity contribution is 0.0551. The van der Waals surface area contributed by atoms with E-state index in [0.29, 0.717) is 18.7 Å². The van der Waals surface area contributed by atoms with Gasteiger partial charge < -0.3 is 10.5 Å². The highest BCUT2D eigenvalue weighted by molar-refractivity contribution is 5.47. The summed E-state index contributed by atoms with van der Waals surface area (Å²) in [4.78, 5) is 4.94. The molecule has 0 spiro atoms. The number of nitrogens with zero attached hydrogens (tertiary/aromatic N) is 2. The van der Waals surface area contributed by atoms with Crippen LogP contribution in [0.2, 0.25) is 0 Å². The van der Waals surface area contributed by atoms with Crippen molar-refractivity contribution in [3.05, 3.63) is 23.8 Å². The maximum absolute atomic E-state index is 5.92.